The third kappa shape index (κ3) is 19.4. The topological polar surface area (TPSA) is 83.5 Å². The predicted molar refractivity (Wildman–Crippen MR) is 109 cm³/mol. The lowest BCUT2D eigenvalue weighted by Crippen LogP contribution is -2.27. The summed E-state index contributed by atoms with van der Waals surface area (Å²) in [6.45, 7) is 1.68. The maximum absolute atomic E-state index is 11.4. The number of carbonyl (C=O) groups is 1. The highest BCUT2D eigenvalue weighted by atomic mass is 32.2. The number of rotatable bonds is 19. The molecule has 2 N–H and O–H groups in total. The lowest BCUT2D eigenvalue weighted by Gasteiger charge is -2.03. The van der Waals surface area contributed by atoms with Gasteiger partial charge in [0.25, 0.3) is 0 Å². The molecule has 154 valence electrons. The number of sulfonamides is 1. The summed E-state index contributed by atoms with van der Waals surface area (Å²) in [4.78, 5) is 10.3. The van der Waals surface area contributed by atoms with Crippen LogP contribution in [0.4, 0.5) is 0 Å². The molecule has 0 bridgehead atoms. The normalized spacial score (nSPS) is 12.0. The summed E-state index contributed by atoms with van der Waals surface area (Å²) < 4.78 is 24.8. The first kappa shape index (κ1) is 25.1. The van der Waals surface area contributed by atoms with Gasteiger partial charge < -0.3 is 5.11 Å². The molecule has 0 aliphatic carbocycles. The summed E-state index contributed by atoms with van der Waals surface area (Å²) in [5.74, 6) is -1.19. The summed E-state index contributed by atoms with van der Waals surface area (Å²) >= 11 is 0. The molecule has 0 amide bonds. The maximum Gasteiger partial charge on any atom is 0.318 e. The highest BCUT2D eigenvalue weighted by Crippen LogP contribution is 2.13. The molecule has 26 heavy (non-hydrogen) atoms. The van der Waals surface area contributed by atoms with E-state index in [0.717, 1.165) is 18.2 Å². The van der Waals surface area contributed by atoms with Crippen LogP contribution in [0.25, 0.3) is 0 Å². The number of carboxylic acids is 1. The van der Waals surface area contributed by atoms with Gasteiger partial charge in [-0.3, -0.25) is 4.79 Å². The van der Waals surface area contributed by atoms with E-state index in [4.69, 9.17) is 5.11 Å². The Hall–Kier alpha value is -0.880. The maximum atomic E-state index is 11.4. The Bertz CT molecular complexity index is 460. The van der Waals surface area contributed by atoms with Crippen molar-refractivity contribution >= 4 is 16.0 Å². The van der Waals surface area contributed by atoms with Crippen molar-refractivity contribution in [2.24, 2.45) is 0 Å². The van der Waals surface area contributed by atoms with Crippen LogP contribution in [-0.4, -0.2) is 26.0 Å². The first-order chi connectivity index (χ1) is 12.5. The van der Waals surface area contributed by atoms with Crippen molar-refractivity contribution in [1.82, 2.24) is 4.72 Å². The zero-order valence-corrected chi connectivity index (χ0v) is 17.4. The van der Waals surface area contributed by atoms with E-state index in [2.05, 4.69) is 6.92 Å². The molecule has 0 aromatic carbocycles. The van der Waals surface area contributed by atoms with Crippen LogP contribution in [0.5, 0.6) is 0 Å². The monoisotopic (exact) mass is 389 g/mol. The first-order valence-corrected chi connectivity index (χ1v) is 11.9. The second-order valence-electron chi connectivity index (χ2n) is 7.02. The molecule has 0 radical (unpaired) electrons. The van der Waals surface area contributed by atoms with Gasteiger partial charge in [0, 0.05) is 5.41 Å². The highest BCUT2D eigenvalue weighted by Gasteiger charge is 2.06. The van der Waals surface area contributed by atoms with Crippen molar-refractivity contribution in [3.05, 3.63) is 11.5 Å². The third-order valence-corrected chi connectivity index (χ3v) is 5.52. The van der Waals surface area contributed by atoms with Gasteiger partial charge in [-0.2, -0.15) is 0 Å². The number of aliphatic carboxylic acids is 1. The van der Waals surface area contributed by atoms with Gasteiger partial charge in [-0.15, -0.1) is 0 Å². The molecular weight excluding hydrogens is 350 g/mol. The molecule has 0 aromatic rings. The smallest absolute Gasteiger partial charge is 0.318 e. The number of hydrogen-bond acceptors (Lipinski definition) is 3. The van der Waals surface area contributed by atoms with Crippen molar-refractivity contribution in [2.75, 3.05) is 6.54 Å². The Kier molecular flexibility index (Phi) is 16.9. The van der Waals surface area contributed by atoms with E-state index in [9.17, 15) is 13.2 Å². The molecular formula is C20H39NO4S. The van der Waals surface area contributed by atoms with Crippen LogP contribution in [0, 0.1) is 0 Å². The number of hydrogen-bond donors (Lipinski definition) is 2. The zero-order chi connectivity index (χ0) is 19.5. The minimum atomic E-state index is -3.61. The standard InChI is InChI=1S/C20H39NO4S/c1-2-3-4-5-6-7-8-9-10-11-12-13-14-15-16-17-18-26(24,25)21-19-20(22)23/h17-18,21H,2-16,19H2,1H3,(H,22,23)/b18-17+. The van der Waals surface area contributed by atoms with Gasteiger partial charge >= 0.3 is 5.97 Å². The predicted octanol–water partition coefficient (Wildman–Crippen LogP) is 5.38. The fourth-order valence-electron chi connectivity index (χ4n) is 2.86. The van der Waals surface area contributed by atoms with E-state index in [0.29, 0.717) is 6.42 Å². The van der Waals surface area contributed by atoms with Crippen LogP contribution in [0.15, 0.2) is 11.5 Å². The number of carboxylic acid groups (broad SMARTS) is 1. The van der Waals surface area contributed by atoms with Gasteiger partial charge in [0.05, 0.1) is 0 Å². The van der Waals surface area contributed by atoms with Gasteiger partial charge in [-0.1, -0.05) is 96.5 Å². The molecule has 5 nitrogen and oxygen atoms in total. The van der Waals surface area contributed by atoms with Crippen LogP contribution in [0.1, 0.15) is 103 Å². The Morgan fingerprint density at radius 3 is 1.65 bits per heavy atom. The average molecular weight is 390 g/mol. The van der Waals surface area contributed by atoms with Crippen molar-refractivity contribution in [1.29, 1.82) is 0 Å². The summed E-state index contributed by atoms with van der Waals surface area (Å²) in [7, 11) is -3.61. The van der Waals surface area contributed by atoms with Gasteiger partial charge in [0.15, 0.2) is 0 Å². The van der Waals surface area contributed by atoms with Crippen molar-refractivity contribution in [3.63, 3.8) is 0 Å². The summed E-state index contributed by atoms with van der Waals surface area (Å²) in [6, 6.07) is 0. The summed E-state index contributed by atoms with van der Waals surface area (Å²) in [5, 5.41) is 9.51. The van der Waals surface area contributed by atoms with Gasteiger partial charge in [-0.05, 0) is 12.8 Å². The minimum absolute atomic E-state index is 0.578. The molecule has 0 aromatic heterocycles. The molecule has 0 heterocycles. The Morgan fingerprint density at radius 2 is 1.23 bits per heavy atom. The average Bonchev–Trinajstić information content (AvgIpc) is 2.60. The summed E-state index contributed by atoms with van der Waals surface area (Å²) in [6.07, 6.45) is 20.5. The lowest BCUT2D eigenvalue weighted by molar-refractivity contribution is -0.135. The lowest BCUT2D eigenvalue weighted by atomic mass is 10.0. The first-order valence-electron chi connectivity index (χ1n) is 10.4. The van der Waals surface area contributed by atoms with Crippen molar-refractivity contribution in [3.8, 4) is 0 Å². The fraction of sp³-hybridized carbons (Fsp3) is 0.850. The van der Waals surface area contributed by atoms with Gasteiger partial charge in [0.1, 0.15) is 6.54 Å². The van der Waals surface area contributed by atoms with E-state index in [1.54, 1.807) is 6.08 Å². The molecule has 0 fully saturated rings. The quantitative estimate of drug-likeness (QED) is 0.291. The minimum Gasteiger partial charge on any atom is -0.480 e. The molecule has 0 aliphatic heterocycles. The van der Waals surface area contributed by atoms with Crippen LogP contribution < -0.4 is 4.72 Å². The molecule has 6 heteroatoms. The Balaban J connectivity index is 3.33. The largest absolute Gasteiger partial charge is 0.480 e. The van der Waals surface area contributed by atoms with Crippen molar-refractivity contribution in [2.45, 2.75) is 103 Å². The van der Waals surface area contributed by atoms with E-state index in [1.807, 2.05) is 4.72 Å². The third-order valence-electron chi connectivity index (χ3n) is 4.42. The molecule has 0 unspecified atom stereocenters. The molecule has 0 aliphatic rings. The van der Waals surface area contributed by atoms with E-state index in [1.165, 1.54) is 77.0 Å². The summed E-state index contributed by atoms with van der Waals surface area (Å²) in [5.41, 5.74) is 0. The molecule has 0 atom stereocenters. The second-order valence-corrected chi connectivity index (χ2v) is 8.67. The van der Waals surface area contributed by atoms with Crippen LogP contribution in [0.3, 0.4) is 0 Å². The van der Waals surface area contributed by atoms with Gasteiger partial charge in [0.2, 0.25) is 10.0 Å². The van der Waals surface area contributed by atoms with E-state index >= 15 is 0 Å². The molecule has 0 spiro atoms. The zero-order valence-electron chi connectivity index (χ0n) is 16.5. The van der Waals surface area contributed by atoms with Crippen LogP contribution >= 0.6 is 0 Å². The Labute approximate surface area is 160 Å². The number of allylic oxidation sites excluding steroid dienone is 1. The van der Waals surface area contributed by atoms with E-state index < -0.39 is 22.5 Å². The van der Waals surface area contributed by atoms with Gasteiger partial charge in [-0.25, -0.2) is 13.1 Å². The van der Waals surface area contributed by atoms with Crippen molar-refractivity contribution < 1.29 is 18.3 Å². The molecule has 0 saturated carbocycles. The van der Waals surface area contributed by atoms with E-state index in [-0.39, 0.29) is 0 Å². The molecule has 0 saturated heterocycles. The number of unbranched alkanes of at least 4 members (excludes halogenated alkanes) is 14. The fourth-order valence-corrected chi connectivity index (χ4v) is 3.67. The highest BCUT2D eigenvalue weighted by molar-refractivity contribution is 7.92. The number of nitrogens with one attached hydrogen (secondary N) is 1. The Morgan fingerprint density at radius 1 is 0.808 bits per heavy atom. The van der Waals surface area contributed by atoms with Crippen LogP contribution in [-0.2, 0) is 14.8 Å². The van der Waals surface area contributed by atoms with Crippen LogP contribution in [0.2, 0.25) is 0 Å². The SMILES string of the molecule is CCCCCCCCCCCCCCCC/C=C/S(=O)(=O)NCC(=O)O. The molecule has 0 rings (SSSR count). The second kappa shape index (κ2) is 17.5.